The van der Waals surface area contributed by atoms with Gasteiger partial charge in [-0.1, -0.05) is 12.8 Å². The average Bonchev–Trinajstić information content (AvgIpc) is 2.13. The quantitative estimate of drug-likeness (QED) is 0.516. The van der Waals surface area contributed by atoms with Crippen LogP contribution >= 0.6 is 0 Å². The second kappa shape index (κ2) is 3.49. The van der Waals surface area contributed by atoms with Crippen LogP contribution in [0, 0.1) is 25.1 Å². The van der Waals surface area contributed by atoms with Crippen LogP contribution in [-0.4, -0.2) is 0 Å². The third-order valence-electron chi connectivity index (χ3n) is 2.13. The molecule has 0 saturated heterocycles. The summed E-state index contributed by atoms with van der Waals surface area (Å²) in [6.07, 6.45) is 6.06. The lowest BCUT2D eigenvalue weighted by atomic mass is 9.99. The van der Waals surface area contributed by atoms with Crippen LogP contribution < -0.4 is 5.73 Å². The molecule has 1 rings (SSSR count). The molecule has 0 fully saturated rings. The molecular weight excluding hydrogens is 165 g/mol. The highest BCUT2D eigenvalue weighted by Crippen LogP contribution is 2.22. The third kappa shape index (κ3) is 1.50. The van der Waals surface area contributed by atoms with E-state index in [4.69, 9.17) is 12.2 Å². The number of terminal acetylenes is 1. The summed E-state index contributed by atoms with van der Waals surface area (Å²) in [6.45, 7) is 3.62. The number of benzene rings is 1. The number of hydrogen-bond acceptors (Lipinski definition) is 1. The molecule has 0 aliphatic heterocycles. The molecule has 2 N–H and O–H groups in total. The van der Waals surface area contributed by atoms with Gasteiger partial charge in [0.15, 0.2) is 0 Å². The Morgan fingerprint density at radius 3 is 2.69 bits per heavy atom. The van der Waals surface area contributed by atoms with Gasteiger partial charge in [0, 0.05) is 11.1 Å². The summed E-state index contributed by atoms with van der Waals surface area (Å²) in [5.41, 5.74) is 7.69. The van der Waals surface area contributed by atoms with Crippen molar-refractivity contribution in [1.29, 1.82) is 0 Å². The molecule has 0 spiro atoms. The highest BCUT2D eigenvalue weighted by Gasteiger charge is 2.10. The van der Waals surface area contributed by atoms with Gasteiger partial charge in [0.25, 0.3) is 0 Å². The van der Waals surface area contributed by atoms with Crippen LogP contribution in [0.15, 0.2) is 6.07 Å². The normalized spacial score (nSPS) is 9.69. The maximum Gasteiger partial charge on any atom is 0.150 e. The van der Waals surface area contributed by atoms with Gasteiger partial charge in [0.1, 0.15) is 5.82 Å². The van der Waals surface area contributed by atoms with Crippen molar-refractivity contribution in [1.82, 2.24) is 0 Å². The zero-order valence-corrected chi connectivity index (χ0v) is 7.82. The zero-order chi connectivity index (χ0) is 10.0. The maximum absolute atomic E-state index is 13.3. The number of rotatable bonds is 1. The Morgan fingerprint density at radius 1 is 1.62 bits per heavy atom. The van der Waals surface area contributed by atoms with Crippen LogP contribution in [0.2, 0.25) is 0 Å². The predicted molar refractivity (Wildman–Crippen MR) is 52.9 cm³/mol. The van der Waals surface area contributed by atoms with Gasteiger partial charge in [-0.05, 0) is 25.0 Å². The molecule has 2 heteroatoms. The first kappa shape index (κ1) is 9.60. The smallest absolute Gasteiger partial charge is 0.150 e. The molecule has 0 amide bonds. The van der Waals surface area contributed by atoms with E-state index in [1.54, 1.807) is 13.0 Å². The van der Waals surface area contributed by atoms with E-state index < -0.39 is 5.82 Å². The van der Waals surface area contributed by atoms with Gasteiger partial charge in [-0.15, -0.1) is 6.42 Å². The van der Waals surface area contributed by atoms with E-state index in [1.165, 1.54) is 0 Å². The highest BCUT2D eigenvalue weighted by atomic mass is 19.1. The van der Waals surface area contributed by atoms with E-state index >= 15 is 0 Å². The molecule has 13 heavy (non-hydrogen) atoms. The number of anilines is 1. The molecule has 1 aromatic rings. The van der Waals surface area contributed by atoms with E-state index in [0.717, 1.165) is 12.0 Å². The molecule has 0 aromatic heterocycles. The SMILES string of the molecule is C#Cc1c(CC)cc(N)c(F)c1C. The van der Waals surface area contributed by atoms with Gasteiger partial charge >= 0.3 is 0 Å². The fourth-order valence-electron chi connectivity index (χ4n) is 1.37. The van der Waals surface area contributed by atoms with Gasteiger partial charge in [-0.25, -0.2) is 4.39 Å². The Balaban J connectivity index is 3.50. The topological polar surface area (TPSA) is 26.0 Å². The van der Waals surface area contributed by atoms with Gasteiger partial charge in [0.2, 0.25) is 0 Å². The van der Waals surface area contributed by atoms with Crippen LogP contribution in [-0.2, 0) is 6.42 Å². The molecule has 1 nitrogen and oxygen atoms in total. The van der Waals surface area contributed by atoms with Gasteiger partial charge < -0.3 is 5.73 Å². The van der Waals surface area contributed by atoms with Crippen molar-refractivity contribution in [2.45, 2.75) is 20.3 Å². The van der Waals surface area contributed by atoms with E-state index in [2.05, 4.69) is 5.92 Å². The minimum atomic E-state index is -0.398. The minimum Gasteiger partial charge on any atom is -0.396 e. The zero-order valence-electron chi connectivity index (χ0n) is 7.82. The van der Waals surface area contributed by atoms with Gasteiger partial charge in [0.05, 0.1) is 5.69 Å². The Bertz CT molecular complexity index is 375. The monoisotopic (exact) mass is 177 g/mol. The van der Waals surface area contributed by atoms with Crippen molar-refractivity contribution in [3.8, 4) is 12.3 Å². The van der Waals surface area contributed by atoms with E-state index in [9.17, 15) is 4.39 Å². The van der Waals surface area contributed by atoms with Crippen molar-refractivity contribution in [3.63, 3.8) is 0 Å². The molecule has 0 saturated carbocycles. The molecular formula is C11H12FN. The second-order valence-corrected chi connectivity index (χ2v) is 2.94. The van der Waals surface area contributed by atoms with E-state index in [-0.39, 0.29) is 5.69 Å². The first-order valence-corrected chi connectivity index (χ1v) is 4.15. The highest BCUT2D eigenvalue weighted by molar-refractivity contribution is 5.56. The standard InChI is InChI=1S/C11H12FN/c1-4-8-6-10(13)11(12)7(3)9(8)5-2/h2,6H,4,13H2,1,3H3. The Kier molecular flexibility index (Phi) is 2.57. The molecule has 68 valence electrons. The van der Waals surface area contributed by atoms with Crippen molar-refractivity contribution < 1.29 is 4.39 Å². The lowest BCUT2D eigenvalue weighted by Gasteiger charge is -2.08. The molecule has 0 bridgehead atoms. The maximum atomic E-state index is 13.3. The molecule has 0 aliphatic rings. The Labute approximate surface area is 77.8 Å². The van der Waals surface area contributed by atoms with Crippen LogP contribution in [0.4, 0.5) is 10.1 Å². The summed E-state index contributed by atoms with van der Waals surface area (Å²) < 4.78 is 13.3. The largest absolute Gasteiger partial charge is 0.396 e. The van der Waals surface area contributed by atoms with E-state index in [0.29, 0.717) is 11.1 Å². The van der Waals surface area contributed by atoms with Crippen molar-refractivity contribution in [2.75, 3.05) is 5.73 Å². The number of aryl methyl sites for hydroxylation is 1. The second-order valence-electron chi connectivity index (χ2n) is 2.94. The first-order chi connectivity index (χ1) is 6.11. The predicted octanol–water partition coefficient (Wildman–Crippen LogP) is 2.26. The summed E-state index contributed by atoms with van der Waals surface area (Å²) in [7, 11) is 0. The number of hydrogen-bond donors (Lipinski definition) is 1. The lowest BCUT2D eigenvalue weighted by molar-refractivity contribution is 0.622. The third-order valence-corrected chi connectivity index (χ3v) is 2.13. The molecule has 1 aromatic carbocycles. The first-order valence-electron chi connectivity index (χ1n) is 4.15. The Morgan fingerprint density at radius 2 is 2.23 bits per heavy atom. The van der Waals surface area contributed by atoms with E-state index in [1.807, 2.05) is 6.92 Å². The van der Waals surface area contributed by atoms with Crippen LogP contribution in [0.3, 0.4) is 0 Å². The van der Waals surface area contributed by atoms with Crippen LogP contribution in [0.5, 0.6) is 0 Å². The molecule has 0 atom stereocenters. The Hall–Kier alpha value is -1.49. The van der Waals surface area contributed by atoms with Crippen molar-refractivity contribution in [3.05, 3.63) is 28.6 Å². The average molecular weight is 177 g/mol. The van der Waals surface area contributed by atoms with Gasteiger partial charge in [-0.2, -0.15) is 0 Å². The summed E-state index contributed by atoms with van der Waals surface area (Å²) >= 11 is 0. The fourth-order valence-corrected chi connectivity index (χ4v) is 1.37. The van der Waals surface area contributed by atoms with Crippen molar-refractivity contribution in [2.24, 2.45) is 0 Å². The summed E-state index contributed by atoms with van der Waals surface area (Å²) in [5.74, 6) is 2.09. The van der Waals surface area contributed by atoms with Crippen LogP contribution in [0.1, 0.15) is 23.6 Å². The summed E-state index contributed by atoms with van der Waals surface area (Å²) in [5, 5.41) is 0. The summed E-state index contributed by atoms with van der Waals surface area (Å²) in [6, 6.07) is 1.61. The summed E-state index contributed by atoms with van der Waals surface area (Å²) in [4.78, 5) is 0. The lowest BCUT2D eigenvalue weighted by Crippen LogP contribution is -2.00. The van der Waals surface area contributed by atoms with Crippen molar-refractivity contribution >= 4 is 5.69 Å². The molecule has 0 aliphatic carbocycles. The van der Waals surface area contributed by atoms with Crippen LogP contribution in [0.25, 0.3) is 0 Å². The minimum absolute atomic E-state index is 0.174. The molecule has 0 radical (unpaired) electrons. The molecule has 0 heterocycles. The van der Waals surface area contributed by atoms with Gasteiger partial charge in [-0.3, -0.25) is 0 Å². The number of halogens is 1. The number of nitrogen functional groups attached to an aromatic ring is 1. The fraction of sp³-hybridized carbons (Fsp3) is 0.273. The number of nitrogens with two attached hydrogens (primary N) is 1. The molecule has 0 unspecified atom stereocenters.